The van der Waals surface area contributed by atoms with Crippen LogP contribution < -0.4 is 5.32 Å². The fourth-order valence-corrected chi connectivity index (χ4v) is 2.32. The monoisotopic (exact) mass is 291 g/mol. The van der Waals surface area contributed by atoms with Crippen molar-refractivity contribution in [3.8, 4) is 0 Å². The van der Waals surface area contributed by atoms with Crippen LogP contribution in [0, 0.1) is 0 Å². The Labute approximate surface area is 117 Å². The van der Waals surface area contributed by atoms with Gasteiger partial charge in [-0.1, -0.05) is 19.1 Å². The van der Waals surface area contributed by atoms with E-state index < -0.39 is 11.7 Å². The summed E-state index contributed by atoms with van der Waals surface area (Å²) >= 11 is 1.75. The third kappa shape index (κ3) is 5.45. The minimum atomic E-state index is -4.26. The smallest absolute Gasteiger partial charge is 0.310 e. The fourth-order valence-electron chi connectivity index (χ4n) is 1.85. The Bertz CT molecular complexity index is 354. The molecule has 0 aliphatic heterocycles. The van der Waals surface area contributed by atoms with Gasteiger partial charge < -0.3 is 5.32 Å². The van der Waals surface area contributed by atoms with Crippen molar-refractivity contribution < 1.29 is 13.2 Å². The fraction of sp³-hybridized carbons (Fsp3) is 0.571. The summed E-state index contributed by atoms with van der Waals surface area (Å²) in [6, 6.07) is 5.62. The van der Waals surface area contributed by atoms with Crippen molar-refractivity contribution in [3.63, 3.8) is 0 Å². The number of benzene rings is 1. The molecule has 0 saturated carbocycles. The van der Waals surface area contributed by atoms with Crippen LogP contribution in [0.3, 0.4) is 0 Å². The second-order valence-electron chi connectivity index (χ2n) is 4.41. The highest BCUT2D eigenvalue weighted by Crippen LogP contribution is 2.30. The molecule has 1 aromatic carbocycles. The van der Waals surface area contributed by atoms with E-state index in [1.807, 2.05) is 6.26 Å². The molecule has 1 aromatic rings. The van der Waals surface area contributed by atoms with Crippen molar-refractivity contribution in [2.45, 2.75) is 32.0 Å². The van der Waals surface area contributed by atoms with Gasteiger partial charge in [0.2, 0.25) is 0 Å². The maximum Gasteiger partial charge on any atom is 0.416 e. The zero-order valence-electron chi connectivity index (χ0n) is 11.3. The zero-order valence-corrected chi connectivity index (χ0v) is 12.1. The number of nitrogens with one attached hydrogen (secondary N) is 1. The van der Waals surface area contributed by atoms with Gasteiger partial charge in [0, 0.05) is 6.04 Å². The van der Waals surface area contributed by atoms with Gasteiger partial charge in [0.1, 0.15) is 0 Å². The molecule has 1 unspecified atom stereocenters. The van der Waals surface area contributed by atoms with Crippen LogP contribution in [-0.4, -0.2) is 18.6 Å². The molecular formula is C14H20F3NS. The van der Waals surface area contributed by atoms with Gasteiger partial charge in [-0.2, -0.15) is 24.9 Å². The normalized spacial score (nSPS) is 13.5. The van der Waals surface area contributed by atoms with E-state index >= 15 is 0 Å². The highest BCUT2D eigenvalue weighted by Gasteiger charge is 2.30. The van der Waals surface area contributed by atoms with Crippen LogP contribution in [0.25, 0.3) is 0 Å². The van der Waals surface area contributed by atoms with Crippen LogP contribution in [-0.2, 0) is 6.18 Å². The predicted molar refractivity (Wildman–Crippen MR) is 75.5 cm³/mol. The lowest BCUT2D eigenvalue weighted by Gasteiger charge is -2.19. The second kappa shape index (κ2) is 7.80. The minimum absolute atomic E-state index is 0.134. The SMILES string of the molecule is CCCNC(CCSC)c1ccc(C(F)(F)F)cc1. The summed E-state index contributed by atoms with van der Waals surface area (Å²) in [5.74, 6) is 0.988. The maximum absolute atomic E-state index is 12.5. The number of halogens is 3. The quantitative estimate of drug-likeness (QED) is 0.794. The Morgan fingerprint density at radius 1 is 1.21 bits per heavy atom. The van der Waals surface area contributed by atoms with Crippen LogP contribution >= 0.6 is 11.8 Å². The summed E-state index contributed by atoms with van der Waals surface area (Å²) in [5, 5.41) is 3.38. The van der Waals surface area contributed by atoms with E-state index in [4.69, 9.17) is 0 Å². The highest BCUT2D eigenvalue weighted by atomic mass is 32.2. The minimum Gasteiger partial charge on any atom is -0.310 e. The van der Waals surface area contributed by atoms with Crippen molar-refractivity contribution in [3.05, 3.63) is 35.4 Å². The summed E-state index contributed by atoms with van der Waals surface area (Å²) < 4.78 is 37.5. The summed E-state index contributed by atoms with van der Waals surface area (Å²) in [6.07, 6.45) is -0.295. The molecule has 0 bridgehead atoms. The highest BCUT2D eigenvalue weighted by molar-refractivity contribution is 7.98. The van der Waals surface area contributed by atoms with Crippen LogP contribution in [0.2, 0.25) is 0 Å². The zero-order chi connectivity index (χ0) is 14.3. The van der Waals surface area contributed by atoms with Crippen molar-refractivity contribution in [2.24, 2.45) is 0 Å². The van der Waals surface area contributed by atoms with E-state index in [0.29, 0.717) is 0 Å². The molecule has 1 rings (SSSR count). The van der Waals surface area contributed by atoms with Crippen LogP contribution in [0.5, 0.6) is 0 Å². The van der Waals surface area contributed by atoms with E-state index in [1.54, 1.807) is 23.9 Å². The molecule has 0 fully saturated rings. The van der Waals surface area contributed by atoms with E-state index in [9.17, 15) is 13.2 Å². The Kier molecular flexibility index (Phi) is 6.72. The summed E-state index contributed by atoms with van der Waals surface area (Å²) in [4.78, 5) is 0. The lowest BCUT2D eigenvalue weighted by molar-refractivity contribution is -0.137. The van der Waals surface area contributed by atoms with E-state index in [2.05, 4.69) is 12.2 Å². The van der Waals surface area contributed by atoms with Crippen molar-refractivity contribution in [1.82, 2.24) is 5.32 Å². The largest absolute Gasteiger partial charge is 0.416 e. The molecule has 0 aromatic heterocycles. The molecule has 1 N–H and O–H groups in total. The Balaban J connectivity index is 2.78. The summed E-state index contributed by atoms with van der Waals surface area (Å²) in [7, 11) is 0. The molecule has 1 nitrogen and oxygen atoms in total. The molecule has 0 radical (unpaired) electrons. The van der Waals surface area contributed by atoms with E-state index in [-0.39, 0.29) is 6.04 Å². The molecule has 0 spiro atoms. The second-order valence-corrected chi connectivity index (χ2v) is 5.39. The first-order chi connectivity index (χ1) is 8.99. The topological polar surface area (TPSA) is 12.0 Å². The van der Waals surface area contributed by atoms with Gasteiger partial charge in [-0.05, 0) is 49.1 Å². The third-order valence-corrected chi connectivity index (χ3v) is 3.54. The summed E-state index contributed by atoms with van der Waals surface area (Å²) in [5.41, 5.74) is 0.339. The van der Waals surface area contributed by atoms with Crippen molar-refractivity contribution in [1.29, 1.82) is 0 Å². The van der Waals surface area contributed by atoms with Crippen molar-refractivity contribution in [2.75, 3.05) is 18.6 Å². The molecule has 0 amide bonds. The average Bonchev–Trinajstić information content (AvgIpc) is 2.38. The number of hydrogen-bond donors (Lipinski definition) is 1. The first-order valence-electron chi connectivity index (χ1n) is 6.38. The van der Waals surface area contributed by atoms with Gasteiger partial charge in [-0.25, -0.2) is 0 Å². The van der Waals surface area contributed by atoms with Gasteiger partial charge in [0.05, 0.1) is 5.56 Å². The first-order valence-corrected chi connectivity index (χ1v) is 7.78. The standard InChI is InChI=1S/C14H20F3NS/c1-3-9-18-13(8-10-19-2)11-4-6-12(7-5-11)14(15,16)17/h4-7,13,18H,3,8-10H2,1-2H3. The molecule has 108 valence electrons. The maximum atomic E-state index is 12.5. The van der Waals surface area contributed by atoms with Crippen LogP contribution in [0.1, 0.15) is 36.9 Å². The van der Waals surface area contributed by atoms with Gasteiger partial charge in [0.15, 0.2) is 0 Å². The summed E-state index contributed by atoms with van der Waals surface area (Å²) in [6.45, 7) is 2.95. The molecule has 5 heteroatoms. The van der Waals surface area contributed by atoms with Gasteiger partial charge in [0.25, 0.3) is 0 Å². The van der Waals surface area contributed by atoms with Crippen LogP contribution in [0.15, 0.2) is 24.3 Å². The molecule has 19 heavy (non-hydrogen) atoms. The van der Waals surface area contributed by atoms with Gasteiger partial charge >= 0.3 is 6.18 Å². The van der Waals surface area contributed by atoms with Crippen LogP contribution in [0.4, 0.5) is 13.2 Å². The third-order valence-electron chi connectivity index (χ3n) is 2.89. The van der Waals surface area contributed by atoms with Gasteiger partial charge in [-0.3, -0.25) is 0 Å². The lowest BCUT2D eigenvalue weighted by atomic mass is 10.0. The molecule has 0 aliphatic rings. The molecular weight excluding hydrogens is 271 g/mol. The molecule has 0 aliphatic carbocycles. The molecule has 1 atom stereocenters. The Hall–Kier alpha value is -0.680. The first kappa shape index (κ1) is 16.4. The van der Waals surface area contributed by atoms with E-state index in [0.717, 1.165) is 42.8 Å². The number of thioether (sulfide) groups is 1. The number of alkyl halides is 3. The van der Waals surface area contributed by atoms with E-state index in [1.165, 1.54) is 0 Å². The van der Waals surface area contributed by atoms with Gasteiger partial charge in [-0.15, -0.1) is 0 Å². The Morgan fingerprint density at radius 2 is 1.84 bits per heavy atom. The number of rotatable bonds is 7. The number of hydrogen-bond acceptors (Lipinski definition) is 2. The Morgan fingerprint density at radius 3 is 2.32 bits per heavy atom. The lowest BCUT2D eigenvalue weighted by Crippen LogP contribution is -2.22. The van der Waals surface area contributed by atoms with Crippen molar-refractivity contribution >= 4 is 11.8 Å². The molecule has 0 saturated heterocycles. The molecule has 0 heterocycles. The predicted octanol–water partition coefficient (Wildman–Crippen LogP) is 4.50. The average molecular weight is 291 g/mol.